The molecule has 94 valence electrons. The molecule has 3 unspecified atom stereocenters. The monoisotopic (exact) mass is 237 g/mol. The van der Waals surface area contributed by atoms with Gasteiger partial charge >= 0.3 is 0 Å². The molecule has 0 amide bonds. The minimum atomic E-state index is 0.432. The van der Waals surface area contributed by atoms with Crippen LogP contribution in [0.25, 0.3) is 0 Å². The van der Waals surface area contributed by atoms with Gasteiger partial charge in [-0.05, 0) is 26.2 Å². The van der Waals surface area contributed by atoms with Gasteiger partial charge < -0.3 is 14.6 Å². The van der Waals surface area contributed by atoms with Gasteiger partial charge in [0.05, 0.1) is 12.5 Å². The second kappa shape index (κ2) is 4.74. The summed E-state index contributed by atoms with van der Waals surface area (Å²) in [7, 11) is 0. The van der Waals surface area contributed by atoms with Gasteiger partial charge in [-0.15, -0.1) is 0 Å². The van der Waals surface area contributed by atoms with Crippen molar-refractivity contribution in [3.63, 3.8) is 0 Å². The second-order valence-electron chi connectivity index (χ2n) is 4.89. The molecule has 2 aliphatic heterocycles. The van der Waals surface area contributed by atoms with E-state index in [0.29, 0.717) is 24.6 Å². The van der Waals surface area contributed by atoms with Crippen molar-refractivity contribution in [2.24, 2.45) is 0 Å². The van der Waals surface area contributed by atoms with E-state index in [9.17, 15) is 0 Å². The summed E-state index contributed by atoms with van der Waals surface area (Å²) < 4.78 is 10.7. The van der Waals surface area contributed by atoms with Crippen LogP contribution < -0.4 is 5.32 Å². The lowest BCUT2D eigenvalue weighted by Gasteiger charge is -2.15. The van der Waals surface area contributed by atoms with Crippen LogP contribution >= 0.6 is 0 Å². The smallest absolute Gasteiger partial charge is 0.231 e. The summed E-state index contributed by atoms with van der Waals surface area (Å²) in [6.07, 6.45) is 4.43. The molecule has 17 heavy (non-hydrogen) atoms. The molecule has 0 aromatic carbocycles. The molecular formula is C12H19N3O2. The Hall–Kier alpha value is -0.940. The number of rotatable bonds is 5. The van der Waals surface area contributed by atoms with Gasteiger partial charge in [-0.25, -0.2) is 0 Å². The van der Waals surface area contributed by atoms with E-state index in [0.717, 1.165) is 31.2 Å². The molecule has 2 fully saturated rings. The molecule has 1 aromatic heterocycles. The average molecular weight is 237 g/mol. The first kappa shape index (κ1) is 11.2. The number of fused-ring (bicyclic) bond motifs is 2. The minimum absolute atomic E-state index is 0.432. The first-order valence-corrected chi connectivity index (χ1v) is 6.53. The van der Waals surface area contributed by atoms with Crippen LogP contribution in [-0.2, 0) is 11.2 Å². The third-order valence-corrected chi connectivity index (χ3v) is 3.78. The molecule has 2 saturated heterocycles. The fraction of sp³-hybridized carbons (Fsp3) is 0.833. The maximum Gasteiger partial charge on any atom is 0.231 e. The predicted octanol–water partition coefficient (Wildman–Crippen LogP) is 1.26. The van der Waals surface area contributed by atoms with Crippen LogP contribution in [0, 0.1) is 0 Å². The van der Waals surface area contributed by atoms with Crippen LogP contribution in [0.2, 0.25) is 0 Å². The largest absolute Gasteiger partial charge is 0.381 e. The third-order valence-electron chi connectivity index (χ3n) is 3.78. The third kappa shape index (κ3) is 2.21. The lowest BCUT2D eigenvalue weighted by atomic mass is 9.89. The van der Waals surface area contributed by atoms with E-state index in [4.69, 9.17) is 9.26 Å². The van der Waals surface area contributed by atoms with Crippen LogP contribution in [0.1, 0.15) is 43.8 Å². The second-order valence-corrected chi connectivity index (χ2v) is 4.89. The van der Waals surface area contributed by atoms with Crippen molar-refractivity contribution in [3.05, 3.63) is 11.7 Å². The molecule has 3 heterocycles. The van der Waals surface area contributed by atoms with Gasteiger partial charge in [0.25, 0.3) is 0 Å². The highest BCUT2D eigenvalue weighted by Gasteiger charge is 2.42. The Balaban J connectivity index is 1.60. The zero-order valence-electron chi connectivity index (χ0n) is 10.2. The predicted molar refractivity (Wildman–Crippen MR) is 61.8 cm³/mol. The van der Waals surface area contributed by atoms with E-state index in [-0.39, 0.29) is 0 Å². The number of hydrogen-bond donors (Lipinski definition) is 1. The van der Waals surface area contributed by atoms with Gasteiger partial charge in [0, 0.05) is 25.1 Å². The van der Waals surface area contributed by atoms with Crippen molar-refractivity contribution >= 4 is 0 Å². The van der Waals surface area contributed by atoms with E-state index < -0.39 is 0 Å². The Morgan fingerprint density at radius 2 is 2.41 bits per heavy atom. The quantitative estimate of drug-likeness (QED) is 0.781. The molecule has 2 aliphatic rings. The van der Waals surface area contributed by atoms with Crippen LogP contribution in [-0.4, -0.2) is 35.4 Å². The SMILES string of the molecule is CCOCCc1noc(C2CC3CCC2N3)n1. The fourth-order valence-corrected chi connectivity index (χ4v) is 2.92. The van der Waals surface area contributed by atoms with E-state index in [1.807, 2.05) is 6.92 Å². The van der Waals surface area contributed by atoms with Gasteiger partial charge in [-0.1, -0.05) is 5.16 Å². The van der Waals surface area contributed by atoms with Crippen molar-refractivity contribution in [2.45, 2.75) is 50.6 Å². The molecule has 1 aromatic rings. The maximum atomic E-state index is 5.38. The van der Waals surface area contributed by atoms with E-state index in [2.05, 4.69) is 15.5 Å². The number of hydrogen-bond acceptors (Lipinski definition) is 5. The van der Waals surface area contributed by atoms with Crippen LogP contribution in [0.5, 0.6) is 0 Å². The summed E-state index contributed by atoms with van der Waals surface area (Å²) in [5.74, 6) is 2.02. The Kier molecular flexibility index (Phi) is 3.11. The molecule has 0 radical (unpaired) electrons. The standard InChI is InChI=1S/C12H19N3O2/c1-2-16-6-5-11-14-12(17-15-11)9-7-8-3-4-10(9)13-8/h8-10,13H,2-7H2,1H3. The molecule has 5 heteroatoms. The molecule has 0 saturated carbocycles. The van der Waals surface area contributed by atoms with Crippen molar-refractivity contribution < 1.29 is 9.26 Å². The normalized spacial score (nSPS) is 31.2. The Morgan fingerprint density at radius 3 is 3.12 bits per heavy atom. The van der Waals surface area contributed by atoms with E-state index in [1.165, 1.54) is 12.8 Å². The molecular weight excluding hydrogens is 218 g/mol. The topological polar surface area (TPSA) is 60.2 Å². The highest BCUT2D eigenvalue weighted by Crippen LogP contribution is 2.39. The van der Waals surface area contributed by atoms with Gasteiger partial charge in [0.2, 0.25) is 5.89 Å². The molecule has 0 aliphatic carbocycles. The summed E-state index contributed by atoms with van der Waals surface area (Å²) in [6.45, 7) is 3.40. The molecule has 1 N–H and O–H groups in total. The average Bonchev–Trinajstić information content (AvgIpc) is 3.04. The molecule has 3 rings (SSSR count). The lowest BCUT2D eigenvalue weighted by molar-refractivity contribution is 0.149. The number of ether oxygens (including phenoxy) is 1. The fourth-order valence-electron chi connectivity index (χ4n) is 2.92. The lowest BCUT2D eigenvalue weighted by Crippen LogP contribution is -2.21. The zero-order chi connectivity index (χ0) is 11.7. The summed E-state index contributed by atoms with van der Waals surface area (Å²) in [4.78, 5) is 4.49. The Labute approximate surface area is 101 Å². The Morgan fingerprint density at radius 1 is 1.47 bits per heavy atom. The summed E-state index contributed by atoms with van der Waals surface area (Å²) in [6, 6.07) is 1.23. The molecule has 2 bridgehead atoms. The number of nitrogens with one attached hydrogen (secondary N) is 1. The van der Waals surface area contributed by atoms with Crippen molar-refractivity contribution in [1.29, 1.82) is 0 Å². The number of aromatic nitrogens is 2. The van der Waals surface area contributed by atoms with Gasteiger partial charge in [-0.2, -0.15) is 4.98 Å². The first-order chi connectivity index (χ1) is 8.36. The van der Waals surface area contributed by atoms with Crippen molar-refractivity contribution in [3.8, 4) is 0 Å². The minimum Gasteiger partial charge on any atom is -0.381 e. The molecule has 5 nitrogen and oxygen atoms in total. The van der Waals surface area contributed by atoms with Gasteiger partial charge in [0.15, 0.2) is 5.82 Å². The van der Waals surface area contributed by atoms with E-state index in [1.54, 1.807) is 0 Å². The first-order valence-electron chi connectivity index (χ1n) is 6.53. The number of nitrogens with zero attached hydrogens (tertiary/aromatic N) is 2. The van der Waals surface area contributed by atoms with Crippen LogP contribution in [0.3, 0.4) is 0 Å². The highest BCUT2D eigenvalue weighted by atomic mass is 16.5. The van der Waals surface area contributed by atoms with Crippen LogP contribution in [0.4, 0.5) is 0 Å². The van der Waals surface area contributed by atoms with Crippen molar-refractivity contribution in [2.75, 3.05) is 13.2 Å². The highest BCUT2D eigenvalue weighted by molar-refractivity contribution is 5.09. The van der Waals surface area contributed by atoms with E-state index >= 15 is 0 Å². The van der Waals surface area contributed by atoms with Gasteiger partial charge in [-0.3, -0.25) is 0 Å². The van der Waals surface area contributed by atoms with Crippen LogP contribution in [0.15, 0.2) is 4.52 Å². The summed E-state index contributed by atoms with van der Waals surface area (Å²) in [5, 5.41) is 7.61. The molecule has 3 atom stereocenters. The molecule has 0 spiro atoms. The summed E-state index contributed by atoms with van der Waals surface area (Å²) >= 11 is 0. The van der Waals surface area contributed by atoms with Gasteiger partial charge in [0.1, 0.15) is 0 Å². The maximum absolute atomic E-state index is 5.38. The Bertz CT molecular complexity index is 380. The van der Waals surface area contributed by atoms with Crippen molar-refractivity contribution in [1.82, 2.24) is 15.5 Å². The summed E-state index contributed by atoms with van der Waals surface area (Å²) in [5.41, 5.74) is 0. The zero-order valence-corrected chi connectivity index (χ0v) is 10.2.